The molecule has 0 fully saturated rings. The summed E-state index contributed by atoms with van der Waals surface area (Å²) in [6.07, 6.45) is 83.6. The predicted octanol–water partition coefficient (Wildman–Crippen LogP) is 24.6. The summed E-state index contributed by atoms with van der Waals surface area (Å²) in [4.78, 5) is 38.4. The summed E-state index contributed by atoms with van der Waals surface area (Å²) in [6, 6.07) is 0. The van der Waals surface area contributed by atoms with E-state index in [1.165, 1.54) is 302 Å². The summed E-state index contributed by atoms with van der Waals surface area (Å²) in [5.74, 6) is -0.828. The molecule has 466 valence electrons. The summed E-state index contributed by atoms with van der Waals surface area (Å²) >= 11 is 0. The lowest BCUT2D eigenvalue weighted by atomic mass is 10.0. The third-order valence-corrected chi connectivity index (χ3v) is 16.5. The van der Waals surface area contributed by atoms with Crippen LogP contribution in [-0.4, -0.2) is 37.2 Å². The molecule has 0 rings (SSSR count). The molecule has 1 atom stereocenters. The van der Waals surface area contributed by atoms with Crippen LogP contribution in [0.2, 0.25) is 0 Å². The van der Waals surface area contributed by atoms with Crippen LogP contribution in [0.1, 0.15) is 406 Å². The number of unbranched alkanes of at least 4 members (excludes halogenated alkanes) is 52. The molecule has 0 aliphatic carbocycles. The van der Waals surface area contributed by atoms with Crippen LogP contribution in [0, 0.1) is 0 Å². The van der Waals surface area contributed by atoms with Gasteiger partial charge >= 0.3 is 17.9 Å². The Kier molecular flexibility index (Phi) is 66.6. The van der Waals surface area contributed by atoms with Crippen molar-refractivity contribution >= 4 is 17.9 Å². The Hall–Kier alpha value is -2.11. The number of esters is 3. The smallest absolute Gasteiger partial charge is 0.306 e. The summed E-state index contributed by atoms with van der Waals surface area (Å²) < 4.78 is 17.0. The monoisotopic (exact) mass is 1110 g/mol. The highest BCUT2D eigenvalue weighted by molar-refractivity contribution is 5.71. The van der Waals surface area contributed by atoms with Crippen LogP contribution in [0.5, 0.6) is 0 Å². The molecule has 1 unspecified atom stereocenters. The first-order valence-electron chi connectivity index (χ1n) is 35.8. The van der Waals surface area contributed by atoms with Gasteiger partial charge in [0.2, 0.25) is 0 Å². The summed E-state index contributed by atoms with van der Waals surface area (Å²) in [7, 11) is 0. The molecule has 79 heavy (non-hydrogen) atoms. The molecular formula is C73H138O6. The minimum atomic E-state index is -0.765. The van der Waals surface area contributed by atoms with E-state index in [-0.39, 0.29) is 31.1 Å². The zero-order valence-corrected chi connectivity index (χ0v) is 53.7. The van der Waals surface area contributed by atoms with Gasteiger partial charge in [0, 0.05) is 19.3 Å². The van der Waals surface area contributed by atoms with Crippen LogP contribution < -0.4 is 0 Å². The van der Waals surface area contributed by atoms with Crippen molar-refractivity contribution in [3.05, 3.63) is 24.3 Å². The molecule has 6 nitrogen and oxygen atoms in total. The average molecular weight is 1110 g/mol. The van der Waals surface area contributed by atoms with E-state index in [2.05, 4.69) is 45.1 Å². The van der Waals surface area contributed by atoms with Gasteiger partial charge < -0.3 is 14.2 Å². The Bertz CT molecular complexity index is 1270. The lowest BCUT2D eigenvalue weighted by Gasteiger charge is -2.18. The van der Waals surface area contributed by atoms with Crippen LogP contribution in [-0.2, 0) is 28.6 Å². The molecule has 0 N–H and O–H groups in total. The van der Waals surface area contributed by atoms with E-state index in [4.69, 9.17) is 14.2 Å². The van der Waals surface area contributed by atoms with Gasteiger partial charge in [-0.25, -0.2) is 0 Å². The lowest BCUT2D eigenvalue weighted by molar-refractivity contribution is -0.167. The Morgan fingerprint density at radius 3 is 0.696 bits per heavy atom. The number of carbonyl (C=O) groups excluding carboxylic acids is 3. The van der Waals surface area contributed by atoms with Crippen LogP contribution in [0.3, 0.4) is 0 Å². The minimum Gasteiger partial charge on any atom is -0.462 e. The fourth-order valence-electron chi connectivity index (χ4n) is 11.1. The summed E-state index contributed by atoms with van der Waals surface area (Å²) in [5.41, 5.74) is 0. The van der Waals surface area contributed by atoms with E-state index in [1.807, 2.05) is 0 Å². The third-order valence-electron chi connectivity index (χ3n) is 16.5. The predicted molar refractivity (Wildman–Crippen MR) is 344 cm³/mol. The van der Waals surface area contributed by atoms with Crippen LogP contribution in [0.25, 0.3) is 0 Å². The maximum atomic E-state index is 12.9. The first-order chi connectivity index (χ1) is 39.0. The molecule has 0 aromatic carbocycles. The number of rotatable bonds is 67. The zero-order valence-electron chi connectivity index (χ0n) is 53.7. The van der Waals surface area contributed by atoms with E-state index >= 15 is 0 Å². The zero-order chi connectivity index (χ0) is 57.1. The minimum absolute atomic E-state index is 0.0628. The van der Waals surface area contributed by atoms with E-state index < -0.39 is 6.10 Å². The van der Waals surface area contributed by atoms with Gasteiger partial charge in [0.1, 0.15) is 13.2 Å². The van der Waals surface area contributed by atoms with Crippen molar-refractivity contribution in [2.75, 3.05) is 13.2 Å². The molecule has 0 aromatic heterocycles. The topological polar surface area (TPSA) is 78.9 Å². The van der Waals surface area contributed by atoms with E-state index in [9.17, 15) is 14.4 Å². The summed E-state index contributed by atoms with van der Waals surface area (Å²) in [6.45, 7) is 6.71. The second kappa shape index (κ2) is 68.4. The number of ether oxygens (including phenoxy) is 3. The van der Waals surface area contributed by atoms with E-state index in [0.29, 0.717) is 19.3 Å². The molecular weight excluding hydrogens is 973 g/mol. The number of allylic oxidation sites excluding steroid dienone is 4. The van der Waals surface area contributed by atoms with Crippen molar-refractivity contribution in [3.63, 3.8) is 0 Å². The van der Waals surface area contributed by atoms with E-state index in [0.717, 1.165) is 64.2 Å². The van der Waals surface area contributed by atoms with Crippen molar-refractivity contribution in [2.24, 2.45) is 0 Å². The normalized spacial score (nSPS) is 12.1. The van der Waals surface area contributed by atoms with Gasteiger partial charge in [0.15, 0.2) is 6.10 Å². The average Bonchev–Trinajstić information content (AvgIpc) is 3.45. The van der Waals surface area contributed by atoms with Crippen molar-refractivity contribution in [2.45, 2.75) is 412 Å². The van der Waals surface area contributed by atoms with Crippen molar-refractivity contribution in [1.29, 1.82) is 0 Å². The molecule has 0 heterocycles. The molecule has 0 spiro atoms. The number of hydrogen-bond acceptors (Lipinski definition) is 6. The van der Waals surface area contributed by atoms with Gasteiger partial charge in [-0.05, 0) is 51.4 Å². The second-order valence-corrected chi connectivity index (χ2v) is 24.5. The van der Waals surface area contributed by atoms with Gasteiger partial charge in [0.05, 0.1) is 0 Å². The first-order valence-corrected chi connectivity index (χ1v) is 35.8. The fraction of sp³-hybridized carbons (Fsp3) is 0.904. The highest BCUT2D eigenvalue weighted by atomic mass is 16.6. The fourth-order valence-corrected chi connectivity index (χ4v) is 11.1. The van der Waals surface area contributed by atoms with Gasteiger partial charge in [-0.1, -0.05) is 360 Å². The molecule has 0 aliphatic heterocycles. The second-order valence-electron chi connectivity index (χ2n) is 24.5. The Labute approximate surface area is 493 Å². The van der Waals surface area contributed by atoms with Gasteiger partial charge in [0.25, 0.3) is 0 Å². The Morgan fingerprint density at radius 2 is 0.456 bits per heavy atom. The highest BCUT2D eigenvalue weighted by Gasteiger charge is 2.19. The molecule has 0 saturated heterocycles. The van der Waals surface area contributed by atoms with Crippen molar-refractivity contribution in [3.8, 4) is 0 Å². The van der Waals surface area contributed by atoms with Crippen molar-refractivity contribution < 1.29 is 28.6 Å². The standard InChI is InChI=1S/C73H138O6/c1-4-7-10-13-16-19-22-25-28-30-31-32-33-34-35-36-37-38-39-40-41-42-43-44-46-48-51-54-57-60-63-66-72(75)78-69-70(68-77-71(74)65-62-59-56-53-50-47-27-24-21-18-15-12-9-6-3)79-73(76)67-64-61-58-55-52-49-45-29-26-23-20-17-14-11-8-5-2/h22,25,30-31,70H,4-21,23-24,26-29,32-69H2,1-3H3/b25-22-,31-30-. The third kappa shape index (κ3) is 66.6. The highest BCUT2D eigenvalue weighted by Crippen LogP contribution is 2.19. The first kappa shape index (κ1) is 76.9. The summed E-state index contributed by atoms with van der Waals surface area (Å²) in [5, 5.41) is 0. The van der Waals surface area contributed by atoms with Gasteiger partial charge in [-0.3, -0.25) is 14.4 Å². The molecule has 0 aromatic rings. The van der Waals surface area contributed by atoms with Gasteiger partial charge in [-0.2, -0.15) is 0 Å². The number of carbonyl (C=O) groups is 3. The van der Waals surface area contributed by atoms with Crippen LogP contribution in [0.15, 0.2) is 24.3 Å². The van der Waals surface area contributed by atoms with Crippen LogP contribution >= 0.6 is 0 Å². The Balaban J connectivity index is 4.13. The molecule has 0 radical (unpaired) electrons. The van der Waals surface area contributed by atoms with Crippen LogP contribution in [0.4, 0.5) is 0 Å². The quantitative estimate of drug-likeness (QED) is 0.0261. The molecule has 0 saturated carbocycles. The maximum absolute atomic E-state index is 12.9. The molecule has 0 bridgehead atoms. The number of hydrogen-bond donors (Lipinski definition) is 0. The molecule has 6 heteroatoms. The lowest BCUT2D eigenvalue weighted by Crippen LogP contribution is -2.30. The molecule has 0 aliphatic rings. The molecule has 0 amide bonds. The van der Waals surface area contributed by atoms with Gasteiger partial charge in [-0.15, -0.1) is 0 Å². The SMILES string of the molecule is CCCCCCC/C=C\C/C=C\CCCCCCCCCCCCCCCCCCCCCC(=O)OCC(COC(=O)CCCCCCCCCCCCCCCC)OC(=O)CCCCCCCCCCCCCCCCCC. The van der Waals surface area contributed by atoms with Crippen molar-refractivity contribution in [1.82, 2.24) is 0 Å². The maximum Gasteiger partial charge on any atom is 0.306 e. The largest absolute Gasteiger partial charge is 0.462 e. The van der Waals surface area contributed by atoms with E-state index in [1.54, 1.807) is 0 Å². The Morgan fingerprint density at radius 1 is 0.253 bits per heavy atom.